The highest BCUT2D eigenvalue weighted by Crippen LogP contribution is 2.21. The minimum absolute atomic E-state index is 0.472. The minimum Gasteiger partial charge on any atom is -0.234 e. The number of hydrogen-bond donors (Lipinski definition) is 0. The fourth-order valence-electron chi connectivity index (χ4n) is 6.45. The van der Waals surface area contributed by atoms with Crippen LogP contribution in [0.4, 0.5) is 0 Å². The first-order valence-electron chi connectivity index (χ1n) is 17.5. The van der Waals surface area contributed by atoms with E-state index in [1.54, 1.807) is 0 Å². The number of aromatic nitrogens is 2. The molecule has 0 spiro atoms. The molecule has 1 atom stereocenters. The lowest BCUT2D eigenvalue weighted by Crippen LogP contribution is -2.42. The van der Waals surface area contributed by atoms with Crippen LogP contribution in [0.1, 0.15) is 131 Å². The predicted octanol–water partition coefficient (Wildman–Crippen LogP) is 10.9. The summed E-state index contributed by atoms with van der Waals surface area (Å²) in [5.74, 6) is 1.91. The SMILES string of the molecule is CCCCCCCCCCCCCCCn1cc(CC(C)c2ccccc2)[n+](Cc2ccccc2)c1Cc1ccccc1. The molecule has 2 nitrogen and oxygen atoms in total. The van der Waals surface area contributed by atoms with Gasteiger partial charge in [0.05, 0.1) is 13.0 Å². The molecule has 230 valence electrons. The maximum absolute atomic E-state index is 2.63. The summed E-state index contributed by atoms with van der Waals surface area (Å²) in [5, 5.41) is 0. The Morgan fingerprint density at radius 1 is 0.581 bits per heavy atom. The molecule has 43 heavy (non-hydrogen) atoms. The van der Waals surface area contributed by atoms with Gasteiger partial charge in [0.1, 0.15) is 18.4 Å². The third-order valence-electron chi connectivity index (χ3n) is 9.07. The predicted molar refractivity (Wildman–Crippen MR) is 184 cm³/mol. The number of unbranched alkanes of at least 4 members (excludes halogenated alkanes) is 12. The minimum atomic E-state index is 0.472. The Labute approximate surface area is 263 Å². The molecule has 1 aromatic heterocycles. The Balaban J connectivity index is 1.40. The van der Waals surface area contributed by atoms with Gasteiger partial charge in [-0.25, -0.2) is 9.13 Å². The van der Waals surface area contributed by atoms with Crippen LogP contribution in [-0.4, -0.2) is 4.57 Å². The number of benzene rings is 3. The molecule has 0 saturated carbocycles. The molecule has 0 bridgehead atoms. The van der Waals surface area contributed by atoms with Crippen LogP contribution in [0, 0.1) is 0 Å². The highest BCUT2D eigenvalue weighted by molar-refractivity contribution is 5.22. The third-order valence-corrected chi connectivity index (χ3v) is 9.07. The van der Waals surface area contributed by atoms with Crippen LogP contribution in [0.3, 0.4) is 0 Å². The van der Waals surface area contributed by atoms with Crippen LogP contribution in [0.5, 0.6) is 0 Å². The topological polar surface area (TPSA) is 8.81 Å². The average molecular weight is 578 g/mol. The van der Waals surface area contributed by atoms with Crippen LogP contribution in [0.25, 0.3) is 0 Å². The molecule has 0 saturated heterocycles. The number of imidazole rings is 1. The van der Waals surface area contributed by atoms with E-state index in [0.717, 1.165) is 25.9 Å². The van der Waals surface area contributed by atoms with Crippen LogP contribution in [-0.2, 0) is 25.9 Å². The van der Waals surface area contributed by atoms with Gasteiger partial charge >= 0.3 is 0 Å². The second-order valence-corrected chi connectivity index (χ2v) is 12.7. The molecular weight excluding hydrogens is 520 g/mol. The van der Waals surface area contributed by atoms with Crippen molar-refractivity contribution in [1.29, 1.82) is 0 Å². The van der Waals surface area contributed by atoms with E-state index < -0.39 is 0 Å². The van der Waals surface area contributed by atoms with E-state index in [1.807, 2.05) is 0 Å². The molecule has 0 N–H and O–H groups in total. The van der Waals surface area contributed by atoms with Crippen LogP contribution >= 0.6 is 0 Å². The zero-order valence-corrected chi connectivity index (χ0v) is 27.2. The number of nitrogens with zero attached hydrogens (tertiary/aromatic N) is 2. The Morgan fingerprint density at radius 2 is 1.07 bits per heavy atom. The molecule has 0 fully saturated rings. The van der Waals surface area contributed by atoms with Crippen molar-refractivity contribution >= 4 is 0 Å². The van der Waals surface area contributed by atoms with Gasteiger partial charge in [0.15, 0.2) is 0 Å². The monoisotopic (exact) mass is 577 g/mol. The van der Waals surface area contributed by atoms with E-state index in [2.05, 4.69) is 120 Å². The van der Waals surface area contributed by atoms with Gasteiger partial charge < -0.3 is 0 Å². The molecule has 4 aromatic rings. The van der Waals surface area contributed by atoms with Gasteiger partial charge in [-0.1, -0.05) is 175 Å². The molecule has 1 unspecified atom stereocenters. The van der Waals surface area contributed by atoms with Crippen molar-refractivity contribution in [3.05, 3.63) is 125 Å². The highest BCUT2D eigenvalue weighted by Gasteiger charge is 2.25. The molecular formula is C41H57N2+. The summed E-state index contributed by atoms with van der Waals surface area (Å²) in [7, 11) is 0. The molecule has 0 aliphatic rings. The van der Waals surface area contributed by atoms with Gasteiger partial charge in [-0.05, 0) is 35.4 Å². The second-order valence-electron chi connectivity index (χ2n) is 12.7. The van der Waals surface area contributed by atoms with Crippen molar-refractivity contribution in [2.75, 3.05) is 0 Å². The van der Waals surface area contributed by atoms with Crippen molar-refractivity contribution in [3.8, 4) is 0 Å². The van der Waals surface area contributed by atoms with Gasteiger partial charge in [-0.15, -0.1) is 0 Å². The Bertz CT molecular complexity index is 1260. The van der Waals surface area contributed by atoms with Crippen LogP contribution in [0.15, 0.2) is 97.2 Å². The Morgan fingerprint density at radius 3 is 1.63 bits per heavy atom. The van der Waals surface area contributed by atoms with Crippen LogP contribution in [0.2, 0.25) is 0 Å². The van der Waals surface area contributed by atoms with Gasteiger partial charge in [0.25, 0.3) is 5.82 Å². The summed E-state index contributed by atoms with van der Waals surface area (Å²) in [5.41, 5.74) is 5.62. The summed E-state index contributed by atoms with van der Waals surface area (Å²) in [6.45, 7) is 6.71. The largest absolute Gasteiger partial charge is 0.261 e. The summed E-state index contributed by atoms with van der Waals surface area (Å²) < 4.78 is 5.23. The maximum Gasteiger partial charge on any atom is 0.261 e. The van der Waals surface area contributed by atoms with E-state index in [1.165, 1.54) is 112 Å². The lowest BCUT2D eigenvalue weighted by atomic mass is 9.96. The summed E-state index contributed by atoms with van der Waals surface area (Å²) in [6, 6.07) is 33.1. The summed E-state index contributed by atoms with van der Waals surface area (Å²) in [4.78, 5) is 0. The lowest BCUT2D eigenvalue weighted by molar-refractivity contribution is -0.702. The molecule has 0 radical (unpaired) electrons. The quantitative estimate of drug-likeness (QED) is 0.0688. The Kier molecular flexibility index (Phi) is 14.6. The lowest BCUT2D eigenvalue weighted by Gasteiger charge is -2.12. The zero-order valence-electron chi connectivity index (χ0n) is 27.2. The number of rotatable bonds is 21. The molecule has 0 aliphatic heterocycles. The van der Waals surface area contributed by atoms with Crippen molar-refractivity contribution in [2.24, 2.45) is 0 Å². The third kappa shape index (κ3) is 11.5. The van der Waals surface area contributed by atoms with Crippen molar-refractivity contribution in [3.63, 3.8) is 0 Å². The van der Waals surface area contributed by atoms with Gasteiger partial charge in [-0.3, -0.25) is 0 Å². The van der Waals surface area contributed by atoms with Gasteiger partial charge in [-0.2, -0.15) is 0 Å². The molecule has 0 aliphatic carbocycles. The van der Waals surface area contributed by atoms with E-state index in [-0.39, 0.29) is 0 Å². The van der Waals surface area contributed by atoms with E-state index in [9.17, 15) is 0 Å². The summed E-state index contributed by atoms with van der Waals surface area (Å²) in [6.07, 6.45) is 22.6. The van der Waals surface area contributed by atoms with Gasteiger partial charge in [0, 0.05) is 6.42 Å². The van der Waals surface area contributed by atoms with Gasteiger partial charge in [0.2, 0.25) is 0 Å². The summed E-state index contributed by atoms with van der Waals surface area (Å²) >= 11 is 0. The van der Waals surface area contributed by atoms with E-state index >= 15 is 0 Å². The van der Waals surface area contributed by atoms with Crippen molar-refractivity contribution in [2.45, 2.75) is 129 Å². The molecule has 0 amide bonds. The average Bonchev–Trinajstić information content (AvgIpc) is 3.35. The first kappa shape index (κ1) is 32.8. The normalized spacial score (nSPS) is 12.0. The first-order valence-corrected chi connectivity index (χ1v) is 17.5. The standard InChI is InChI=1S/C41H57N2/c1-3-4-5-6-7-8-9-10-11-12-13-14-24-31-42-35-40(32-36(2)39-29-22-17-23-30-39)43(34-38-27-20-16-21-28-38)41(42)33-37-25-18-15-19-26-37/h15-23,25-30,35-36H,3-14,24,31-34H2,1-2H3/q+1. The second kappa shape index (κ2) is 19.2. The van der Waals surface area contributed by atoms with Crippen molar-refractivity contribution in [1.82, 2.24) is 4.57 Å². The smallest absolute Gasteiger partial charge is 0.234 e. The van der Waals surface area contributed by atoms with E-state index in [4.69, 9.17) is 0 Å². The first-order chi connectivity index (χ1) is 21.2. The fraction of sp³-hybridized carbons (Fsp3) is 0.488. The number of aryl methyl sites for hydroxylation is 1. The van der Waals surface area contributed by atoms with Crippen molar-refractivity contribution < 1.29 is 4.57 Å². The van der Waals surface area contributed by atoms with Crippen LogP contribution < -0.4 is 4.57 Å². The molecule has 1 heterocycles. The molecule has 2 heteroatoms. The Hall–Kier alpha value is -3.13. The molecule has 3 aromatic carbocycles. The molecule has 4 rings (SSSR count). The zero-order chi connectivity index (χ0) is 30.0. The fourth-order valence-corrected chi connectivity index (χ4v) is 6.45. The highest BCUT2D eigenvalue weighted by atomic mass is 15.2. The number of hydrogen-bond acceptors (Lipinski definition) is 0. The van der Waals surface area contributed by atoms with E-state index in [0.29, 0.717) is 5.92 Å². The maximum atomic E-state index is 2.63.